The highest BCUT2D eigenvalue weighted by molar-refractivity contribution is 5.69. The van der Waals surface area contributed by atoms with E-state index >= 15 is 0 Å². The first-order chi connectivity index (χ1) is 19.1. The first-order valence-corrected chi connectivity index (χ1v) is 17.2. The van der Waals surface area contributed by atoms with Gasteiger partial charge in [0.1, 0.15) is 6.10 Å². The standard InChI is InChI=1S/C35H66O4/c1-3-5-7-9-11-13-15-17-18-19-21-23-25-27-29-33(31-32-34(36)37)39-35(38)30-28-26-24-22-20-16-14-12-10-8-6-4-2/h10,12,33H,3-9,11,13-32H2,1-2H3,(H,36,37)/b12-10-. The van der Waals surface area contributed by atoms with Gasteiger partial charge >= 0.3 is 11.9 Å². The maximum Gasteiger partial charge on any atom is 0.306 e. The molecule has 230 valence electrons. The Bertz CT molecular complexity index is 557. The fourth-order valence-electron chi connectivity index (χ4n) is 5.15. The second kappa shape index (κ2) is 31.2. The SMILES string of the molecule is CCCC/C=C\CCCCCCCCC(=O)OC(CCCCCCCCCCCCCCCC)CCC(=O)O. The van der Waals surface area contributed by atoms with Gasteiger partial charge in [-0.05, 0) is 44.9 Å². The lowest BCUT2D eigenvalue weighted by Crippen LogP contribution is -2.19. The Morgan fingerprint density at radius 2 is 0.974 bits per heavy atom. The van der Waals surface area contributed by atoms with Gasteiger partial charge in [0.2, 0.25) is 0 Å². The van der Waals surface area contributed by atoms with E-state index in [1.807, 2.05) is 0 Å². The third kappa shape index (κ3) is 31.1. The molecule has 0 saturated carbocycles. The summed E-state index contributed by atoms with van der Waals surface area (Å²) in [6, 6.07) is 0. The lowest BCUT2D eigenvalue weighted by Gasteiger charge is -2.17. The van der Waals surface area contributed by atoms with Gasteiger partial charge in [-0.15, -0.1) is 0 Å². The van der Waals surface area contributed by atoms with Crippen LogP contribution in [0, 0.1) is 0 Å². The summed E-state index contributed by atoms with van der Waals surface area (Å²) in [5.74, 6) is -0.957. The van der Waals surface area contributed by atoms with Crippen molar-refractivity contribution in [2.75, 3.05) is 0 Å². The molecule has 0 bridgehead atoms. The molecule has 0 radical (unpaired) electrons. The van der Waals surface area contributed by atoms with Crippen LogP contribution in [0.4, 0.5) is 0 Å². The number of hydrogen-bond donors (Lipinski definition) is 1. The summed E-state index contributed by atoms with van der Waals surface area (Å²) in [4.78, 5) is 23.4. The lowest BCUT2D eigenvalue weighted by molar-refractivity contribution is -0.151. The average molecular weight is 551 g/mol. The molecule has 1 atom stereocenters. The number of rotatable bonds is 31. The molecular weight excluding hydrogens is 484 g/mol. The minimum absolute atomic E-state index is 0.0738. The van der Waals surface area contributed by atoms with Gasteiger partial charge in [-0.2, -0.15) is 0 Å². The first-order valence-electron chi connectivity index (χ1n) is 17.2. The van der Waals surface area contributed by atoms with Gasteiger partial charge in [-0.3, -0.25) is 9.59 Å². The summed E-state index contributed by atoms with van der Waals surface area (Å²) in [5.41, 5.74) is 0. The molecular formula is C35H66O4. The van der Waals surface area contributed by atoms with Crippen LogP contribution >= 0.6 is 0 Å². The van der Waals surface area contributed by atoms with E-state index in [9.17, 15) is 9.59 Å². The van der Waals surface area contributed by atoms with Gasteiger partial charge in [0.15, 0.2) is 0 Å². The van der Waals surface area contributed by atoms with Crippen LogP contribution in [0.15, 0.2) is 12.2 Å². The number of aliphatic carboxylic acids is 1. The molecule has 0 aromatic heterocycles. The van der Waals surface area contributed by atoms with E-state index in [0.29, 0.717) is 12.8 Å². The number of carbonyl (C=O) groups is 2. The maximum atomic E-state index is 12.4. The fraction of sp³-hybridized carbons (Fsp3) is 0.886. The smallest absolute Gasteiger partial charge is 0.306 e. The highest BCUT2D eigenvalue weighted by Gasteiger charge is 2.15. The molecule has 1 unspecified atom stereocenters. The van der Waals surface area contributed by atoms with Gasteiger partial charge in [-0.1, -0.05) is 148 Å². The van der Waals surface area contributed by atoms with Crippen LogP contribution in [-0.2, 0) is 14.3 Å². The first kappa shape index (κ1) is 37.7. The Balaban J connectivity index is 3.76. The van der Waals surface area contributed by atoms with E-state index in [4.69, 9.17) is 9.84 Å². The van der Waals surface area contributed by atoms with E-state index in [1.54, 1.807) is 0 Å². The van der Waals surface area contributed by atoms with Crippen molar-refractivity contribution in [3.8, 4) is 0 Å². The van der Waals surface area contributed by atoms with Crippen molar-refractivity contribution in [3.05, 3.63) is 12.2 Å². The zero-order valence-corrected chi connectivity index (χ0v) is 26.2. The number of carboxylic acid groups (broad SMARTS) is 1. The third-order valence-corrected chi connectivity index (χ3v) is 7.75. The van der Waals surface area contributed by atoms with Crippen molar-refractivity contribution in [3.63, 3.8) is 0 Å². The molecule has 0 aliphatic rings. The molecule has 4 heteroatoms. The summed E-state index contributed by atoms with van der Waals surface area (Å²) < 4.78 is 5.70. The number of unbranched alkanes of at least 4 members (excludes halogenated alkanes) is 21. The van der Waals surface area contributed by atoms with Crippen LogP contribution < -0.4 is 0 Å². The third-order valence-electron chi connectivity index (χ3n) is 7.75. The van der Waals surface area contributed by atoms with Crippen LogP contribution in [0.5, 0.6) is 0 Å². The van der Waals surface area contributed by atoms with Gasteiger partial charge in [-0.25, -0.2) is 0 Å². The van der Waals surface area contributed by atoms with Gasteiger partial charge in [0, 0.05) is 12.8 Å². The van der Waals surface area contributed by atoms with Crippen molar-refractivity contribution in [1.82, 2.24) is 0 Å². The van der Waals surface area contributed by atoms with Crippen molar-refractivity contribution in [2.24, 2.45) is 0 Å². The summed E-state index contributed by atoms with van der Waals surface area (Å²) >= 11 is 0. The zero-order chi connectivity index (χ0) is 28.7. The summed E-state index contributed by atoms with van der Waals surface area (Å²) in [6.07, 6.45) is 36.5. The van der Waals surface area contributed by atoms with Crippen LogP contribution in [0.1, 0.15) is 194 Å². The highest BCUT2D eigenvalue weighted by Crippen LogP contribution is 2.17. The van der Waals surface area contributed by atoms with Gasteiger partial charge < -0.3 is 9.84 Å². The number of carbonyl (C=O) groups excluding carboxylic acids is 1. The fourth-order valence-corrected chi connectivity index (χ4v) is 5.15. The molecule has 39 heavy (non-hydrogen) atoms. The molecule has 0 saturated heterocycles. The molecule has 0 aromatic rings. The molecule has 0 heterocycles. The molecule has 0 aliphatic heterocycles. The Kier molecular flexibility index (Phi) is 30.2. The van der Waals surface area contributed by atoms with E-state index < -0.39 is 5.97 Å². The molecule has 1 N–H and O–H groups in total. The predicted octanol–water partition coefficient (Wildman–Crippen LogP) is 11.5. The quantitative estimate of drug-likeness (QED) is 0.0529. The minimum Gasteiger partial charge on any atom is -0.481 e. The molecule has 0 aromatic carbocycles. The summed E-state index contributed by atoms with van der Waals surface area (Å²) in [6.45, 7) is 4.50. The van der Waals surface area contributed by atoms with E-state index in [0.717, 1.165) is 32.1 Å². The molecule has 0 amide bonds. The molecule has 0 spiro atoms. The van der Waals surface area contributed by atoms with Crippen molar-refractivity contribution in [2.45, 2.75) is 200 Å². The number of ether oxygens (including phenoxy) is 1. The largest absolute Gasteiger partial charge is 0.481 e. The summed E-state index contributed by atoms with van der Waals surface area (Å²) in [5, 5.41) is 9.07. The second-order valence-electron chi connectivity index (χ2n) is 11.7. The number of allylic oxidation sites excluding steroid dienone is 2. The van der Waals surface area contributed by atoms with E-state index in [-0.39, 0.29) is 18.5 Å². The Morgan fingerprint density at radius 3 is 1.49 bits per heavy atom. The van der Waals surface area contributed by atoms with E-state index in [2.05, 4.69) is 26.0 Å². The number of carboxylic acids is 1. The Hall–Kier alpha value is -1.32. The van der Waals surface area contributed by atoms with Crippen molar-refractivity contribution >= 4 is 11.9 Å². The Morgan fingerprint density at radius 1 is 0.538 bits per heavy atom. The van der Waals surface area contributed by atoms with Crippen LogP contribution in [0.3, 0.4) is 0 Å². The zero-order valence-electron chi connectivity index (χ0n) is 26.2. The Labute approximate surface area is 243 Å². The average Bonchev–Trinajstić information content (AvgIpc) is 2.92. The van der Waals surface area contributed by atoms with Crippen molar-refractivity contribution < 1.29 is 19.4 Å². The van der Waals surface area contributed by atoms with Crippen LogP contribution in [-0.4, -0.2) is 23.1 Å². The predicted molar refractivity (Wildman–Crippen MR) is 167 cm³/mol. The molecule has 4 nitrogen and oxygen atoms in total. The minimum atomic E-state index is -0.812. The normalized spacial score (nSPS) is 12.3. The lowest BCUT2D eigenvalue weighted by atomic mass is 10.0. The number of esters is 1. The summed E-state index contributed by atoms with van der Waals surface area (Å²) in [7, 11) is 0. The topological polar surface area (TPSA) is 63.6 Å². The second-order valence-corrected chi connectivity index (χ2v) is 11.7. The van der Waals surface area contributed by atoms with Gasteiger partial charge in [0.05, 0.1) is 0 Å². The monoisotopic (exact) mass is 550 g/mol. The van der Waals surface area contributed by atoms with Crippen LogP contribution in [0.2, 0.25) is 0 Å². The number of hydrogen-bond acceptors (Lipinski definition) is 3. The highest BCUT2D eigenvalue weighted by atomic mass is 16.5. The maximum absolute atomic E-state index is 12.4. The molecule has 0 fully saturated rings. The van der Waals surface area contributed by atoms with E-state index in [1.165, 1.54) is 128 Å². The van der Waals surface area contributed by atoms with Gasteiger partial charge in [0.25, 0.3) is 0 Å². The van der Waals surface area contributed by atoms with Crippen molar-refractivity contribution in [1.29, 1.82) is 0 Å². The van der Waals surface area contributed by atoms with Crippen LogP contribution in [0.25, 0.3) is 0 Å². The molecule has 0 rings (SSSR count). The molecule has 0 aliphatic carbocycles.